The monoisotopic (exact) mass is 595 g/mol. The summed E-state index contributed by atoms with van der Waals surface area (Å²) in [5.41, 5.74) is 4.64. The Balaban J connectivity index is 1.27. The second-order valence-corrected chi connectivity index (χ2v) is 12.3. The first-order valence-electron chi connectivity index (χ1n) is 16.1. The van der Waals surface area contributed by atoms with Crippen molar-refractivity contribution in [1.29, 1.82) is 0 Å². The van der Waals surface area contributed by atoms with Gasteiger partial charge in [-0.05, 0) is 61.6 Å². The molecule has 2 fully saturated rings. The molecule has 230 valence electrons. The van der Waals surface area contributed by atoms with Crippen LogP contribution in [-0.2, 0) is 24.2 Å². The number of amides is 1. The van der Waals surface area contributed by atoms with Crippen molar-refractivity contribution >= 4 is 5.91 Å². The molecule has 6 rings (SSSR count). The first-order chi connectivity index (χ1) is 21.4. The summed E-state index contributed by atoms with van der Waals surface area (Å²) in [6.07, 6.45) is 9.70. The lowest BCUT2D eigenvalue weighted by Crippen LogP contribution is -2.50. The third-order valence-corrected chi connectivity index (χ3v) is 9.42. The van der Waals surface area contributed by atoms with Gasteiger partial charge in [-0.1, -0.05) is 79.9 Å². The van der Waals surface area contributed by atoms with Gasteiger partial charge in [0.05, 0.1) is 13.0 Å². The van der Waals surface area contributed by atoms with Crippen molar-refractivity contribution in [1.82, 2.24) is 24.6 Å². The molecular weight excluding hydrogens is 554 g/mol. The summed E-state index contributed by atoms with van der Waals surface area (Å²) in [7, 11) is 0. The van der Waals surface area contributed by atoms with Crippen molar-refractivity contribution in [2.75, 3.05) is 6.54 Å². The van der Waals surface area contributed by atoms with Gasteiger partial charge in [-0.15, -0.1) is 0 Å². The lowest BCUT2D eigenvalue weighted by atomic mass is 9.78. The largest absolute Gasteiger partial charge is 0.439 e. The van der Waals surface area contributed by atoms with Crippen molar-refractivity contribution in [2.24, 2.45) is 5.92 Å². The van der Waals surface area contributed by atoms with Crippen molar-refractivity contribution in [3.63, 3.8) is 0 Å². The highest BCUT2D eigenvalue weighted by atomic mass is 16.5. The first-order valence-corrected chi connectivity index (χ1v) is 16.1. The average Bonchev–Trinajstić information content (AvgIpc) is 3.49. The van der Waals surface area contributed by atoms with E-state index in [9.17, 15) is 14.4 Å². The fourth-order valence-corrected chi connectivity index (χ4v) is 7.10. The zero-order chi connectivity index (χ0) is 30.6. The van der Waals surface area contributed by atoms with Crippen molar-refractivity contribution < 1.29 is 9.32 Å². The number of aromatic amines is 1. The molecule has 1 aliphatic carbocycles. The van der Waals surface area contributed by atoms with Crippen LogP contribution in [0.2, 0.25) is 0 Å². The smallest absolute Gasteiger partial charge is 0.339 e. The van der Waals surface area contributed by atoms with E-state index in [1.54, 1.807) is 4.57 Å². The second-order valence-electron chi connectivity index (χ2n) is 12.3. The Morgan fingerprint density at radius 3 is 2.50 bits per heavy atom. The summed E-state index contributed by atoms with van der Waals surface area (Å²) in [6.45, 7) is 5.17. The molecule has 1 N–H and O–H groups in total. The Hall–Kier alpha value is -4.27. The van der Waals surface area contributed by atoms with Crippen LogP contribution >= 0.6 is 0 Å². The second kappa shape index (κ2) is 13.2. The van der Waals surface area contributed by atoms with Crippen molar-refractivity contribution in [3.05, 3.63) is 92.1 Å². The van der Waals surface area contributed by atoms with Crippen LogP contribution in [0.25, 0.3) is 22.5 Å². The molecule has 2 aromatic carbocycles. The predicted molar refractivity (Wildman–Crippen MR) is 169 cm³/mol. The van der Waals surface area contributed by atoms with E-state index in [1.807, 2.05) is 55.5 Å². The number of aryl methyl sites for hydroxylation is 2. The topological polar surface area (TPSA) is 114 Å². The van der Waals surface area contributed by atoms with Gasteiger partial charge in [0.15, 0.2) is 5.82 Å². The van der Waals surface area contributed by atoms with E-state index >= 15 is 0 Å². The molecule has 0 bridgehead atoms. The molecule has 9 nitrogen and oxygen atoms in total. The number of benzene rings is 2. The number of hydrogen-bond donors (Lipinski definition) is 1. The third-order valence-electron chi connectivity index (χ3n) is 9.42. The Labute approximate surface area is 257 Å². The number of aromatic nitrogens is 4. The summed E-state index contributed by atoms with van der Waals surface area (Å²) in [5.74, 6) is 1.20. The summed E-state index contributed by atoms with van der Waals surface area (Å²) < 4.78 is 6.49. The quantitative estimate of drug-likeness (QED) is 0.266. The minimum Gasteiger partial charge on any atom is -0.339 e. The van der Waals surface area contributed by atoms with Crippen LogP contribution in [0.1, 0.15) is 80.9 Å². The number of nitrogens with one attached hydrogen (secondary N) is 1. The van der Waals surface area contributed by atoms with E-state index in [1.165, 1.54) is 25.7 Å². The van der Waals surface area contributed by atoms with Gasteiger partial charge in [0.1, 0.15) is 5.82 Å². The van der Waals surface area contributed by atoms with Gasteiger partial charge in [-0.25, -0.2) is 9.78 Å². The molecular formula is C35H41N5O4. The molecule has 2 aliphatic rings. The van der Waals surface area contributed by atoms with Crippen LogP contribution in [0.4, 0.5) is 0 Å². The standard InChI is InChI=1S/C35H41N5O4/c1-3-4-15-31-36-23(2)29(21-32(41)39-20-9-11-26-10-5-8-14-30(26)39)34(42)40(31)22-24-16-18-25(19-17-24)27-12-6-7-13-28(27)33-37-35(43)44-38-33/h6-7,12-13,16-19,26,30H,3-5,8-11,14-15,20-22H2,1-2H3,(H,37,38,43). The van der Waals surface area contributed by atoms with Gasteiger partial charge in [-0.2, -0.15) is 0 Å². The van der Waals surface area contributed by atoms with Crippen LogP contribution in [0.15, 0.2) is 62.6 Å². The number of fused-ring (bicyclic) bond motifs is 1. The van der Waals surface area contributed by atoms with Gasteiger partial charge in [0.2, 0.25) is 5.91 Å². The minimum absolute atomic E-state index is 0.0629. The van der Waals surface area contributed by atoms with Crippen LogP contribution in [0.5, 0.6) is 0 Å². The highest BCUT2D eigenvalue weighted by molar-refractivity contribution is 5.80. The molecule has 1 aliphatic heterocycles. The molecule has 2 unspecified atom stereocenters. The maximum atomic E-state index is 14.1. The van der Waals surface area contributed by atoms with Gasteiger partial charge in [0.25, 0.3) is 5.56 Å². The van der Waals surface area contributed by atoms with E-state index in [4.69, 9.17) is 9.51 Å². The van der Waals surface area contributed by atoms with Gasteiger partial charge >= 0.3 is 5.76 Å². The SMILES string of the molecule is CCCCc1nc(C)c(CC(=O)N2CCCC3CCCCC32)c(=O)n1Cc1ccc(-c2ccccc2-c2noc(=O)[nH]2)cc1. The molecule has 0 radical (unpaired) electrons. The summed E-state index contributed by atoms with van der Waals surface area (Å²) >= 11 is 0. The van der Waals surface area contributed by atoms with Crippen LogP contribution < -0.4 is 11.3 Å². The van der Waals surface area contributed by atoms with E-state index < -0.39 is 5.76 Å². The van der Waals surface area contributed by atoms with Crippen molar-refractivity contribution in [2.45, 2.75) is 90.6 Å². The van der Waals surface area contributed by atoms with Gasteiger partial charge in [-0.3, -0.25) is 23.7 Å². The molecule has 1 saturated carbocycles. The Morgan fingerprint density at radius 2 is 1.75 bits per heavy atom. The maximum absolute atomic E-state index is 14.1. The van der Waals surface area contributed by atoms with Gasteiger partial charge in [0, 0.05) is 35.8 Å². The fourth-order valence-electron chi connectivity index (χ4n) is 7.10. The lowest BCUT2D eigenvalue weighted by Gasteiger charge is -2.44. The third kappa shape index (κ3) is 6.18. The van der Waals surface area contributed by atoms with E-state index in [0.717, 1.165) is 60.3 Å². The zero-order valence-electron chi connectivity index (χ0n) is 25.7. The molecule has 44 heavy (non-hydrogen) atoms. The minimum atomic E-state index is -0.601. The zero-order valence-corrected chi connectivity index (χ0v) is 25.7. The van der Waals surface area contributed by atoms with Gasteiger partial charge < -0.3 is 4.90 Å². The molecule has 0 spiro atoms. The number of carbonyl (C=O) groups is 1. The lowest BCUT2D eigenvalue weighted by molar-refractivity contribution is -0.136. The van der Waals surface area contributed by atoms with E-state index in [2.05, 4.69) is 22.0 Å². The number of nitrogens with zero attached hydrogens (tertiary/aromatic N) is 4. The summed E-state index contributed by atoms with van der Waals surface area (Å²) in [6, 6.07) is 16.0. The Bertz CT molecular complexity index is 1730. The number of piperidine rings is 1. The maximum Gasteiger partial charge on any atom is 0.439 e. The van der Waals surface area contributed by atoms with Crippen LogP contribution in [0, 0.1) is 12.8 Å². The average molecular weight is 596 g/mol. The Morgan fingerprint density at radius 1 is 1.00 bits per heavy atom. The number of unbranched alkanes of at least 4 members (excludes halogenated alkanes) is 1. The van der Waals surface area contributed by atoms with E-state index in [0.29, 0.717) is 42.0 Å². The van der Waals surface area contributed by atoms with Crippen molar-refractivity contribution in [3.8, 4) is 22.5 Å². The normalized spacial score (nSPS) is 18.3. The number of likely N-dealkylation sites (tertiary alicyclic amines) is 1. The highest BCUT2D eigenvalue weighted by Gasteiger charge is 2.36. The molecule has 1 saturated heterocycles. The molecule has 4 aromatic rings. The molecule has 9 heteroatoms. The predicted octanol–water partition coefficient (Wildman–Crippen LogP) is 5.68. The fraction of sp³-hybridized carbons (Fsp3) is 0.457. The molecule has 1 amide bonds. The van der Waals surface area contributed by atoms with Crippen LogP contribution in [-0.4, -0.2) is 43.1 Å². The molecule has 3 heterocycles. The number of carbonyl (C=O) groups excluding carboxylic acids is 1. The number of H-pyrrole nitrogens is 1. The summed E-state index contributed by atoms with van der Waals surface area (Å²) in [5, 5.41) is 3.86. The summed E-state index contributed by atoms with van der Waals surface area (Å²) in [4.78, 5) is 48.9. The van der Waals surface area contributed by atoms with Crippen LogP contribution in [0.3, 0.4) is 0 Å². The first kappa shape index (κ1) is 29.8. The number of rotatable bonds is 9. The highest BCUT2D eigenvalue weighted by Crippen LogP contribution is 2.35. The van der Waals surface area contributed by atoms with E-state index in [-0.39, 0.29) is 17.9 Å². The molecule has 2 aromatic heterocycles. The molecule has 2 atom stereocenters. The Kier molecular flexibility index (Phi) is 8.91. The number of hydrogen-bond acceptors (Lipinski definition) is 6.